The van der Waals surface area contributed by atoms with Gasteiger partial charge in [0.25, 0.3) is 5.91 Å². The van der Waals surface area contributed by atoms with E-state index in [1.807, 2.05) is 0 Å². The van der Waals surface area contributed by atoms with E-state index in [2.05, 4.69) is 34.8 Å². The van der Waals surface area contributed by atoms with E-state index < -0.39 is 22.9 Å². The van der Waals surface area contributed by atoms with Crippen molar-refractivity contribution in [1.29, 1.82) is 0 Å². The molecule has 1 amide bonds. The van der Waals surface area contributed by atoms with Crippen LogP contribution in [0.15, 0.2) is 47.4 Å². The van der Waals surface area contributed by atoms with E-state index in [-0.39, 0.29) is 35.3 Å². The van der Waals surface area contributed by atoms with Crippen molar-refractivity contribution < 1.29 is 26.7 Å². The number of nitrogens with zero attached hydrogens (tertiary/aromatic N) is 8. The Morgan fingerprint density at radius 3 is 2.68 bits per heavy atom. The Balaban J connectivity index is 1.23. The second kappa shape index (κ2) is 9.50. The molecule has 6 rings (SSSR count). The van der Waals surface area contributed by atoms with E-state index in [1.165, 1.54) is 29.9 Å². The van der Waals surface area contributed by atoms with Gasteiger partial charge in [0.1, 0.15) is 0 Å². The van der Waals surface area contributed by atoms with Crippen molar-refractivity contribution in [1.82, 2.24) is 35.2 Å². The summed E-state index contributed by atoms with van der Waals surface area (Å²) in [5.41, 5.74) is 0.183. The fourth-order valence-electron chi connectivity index (χ4n) is 4.41. The first-order valence-corrected chi connectivity index (χ1v) is 13.5. The lowest BCUT2D eigenvalue weighted by Gasteiger charge is -2.26. The maximum atomic E-state index is 13.0. The molecule has 0 N–H and O–H groups in total. The van der Waals surface area contributed by atoms with Crippen molar-refractivity contribution in [2.24, 2.45) is 0 Å². The largest absolute Gasteiger partial charge is 0.471 e. The number of thiophene rings is 1. The quantitative estimate of drug-likeness (QED) is 0.345. The maximum Gasteiger partial charge on any atom is 0.471 e. The summed E-state index contributed by atoms with van der Waals surface area (Å²) < 4.78 is 54.8. The van der Waals surface area contributed by atoms with Crippen molar-refractivity contribution in [3.63, 3.8) is 0 Å². The monoisotopic (exact) mass is 562 g/mol. The Hall–Kier alpha value is -3.79. The van der Waals surface area contributed by atoms with Gasteiger partial charge < -0.3 is 14.3 Å². The molecule has 196 valence electrons. The van der Waals surface area contributed by atoms with Crippen LogP contribution in [0.25, 0.3) is 10.7 Å². The lowest BCUT2D eigenvalue weighted by atomic mass is 10.2. The smallest absolute Gasteiger partial charge is 0.332 e. The average Bonchev–Trinajstić information content (AvgIpc) is 3.71. The zero-order valence-electron chi connectivity index (χ0n) is 19.3. The number of amides is 1. The molecule has 2 fully saturated rings. The highest BCUT2D eigenvalue weighted by molar-refractivity contribution is 7.86. The van der Waals surface area contributed by atoms with Gasteiger partial charge in [0.2, 0.25) is 5.82 Å². The van der Waals surface area contributed by atoms with Gasteiger partial charge in [0, 0.05) is 46.4 Å². The van der Waals surface area contributed by atoms with Gasteiger partial charge in [-0.25, -0.2) is 4.98 Å². The molecule has 0 saturated carbocycles. The van der Waals surface area contributed by atoms with Crippen LogP contribution >= 0.6 is 11.3 Å². The van der Waals surface area contributed by atoms with Crippen LogP contribution in [0.5, 0.6) is 0 Å². The standard InChI is InChI=1S/C22H17F3N8O3S2/c23-22(24,25)21-28-19(31-36-21)16-3-1-13(37-16)9-33(18-8-26-5-6-27-18)17-4-2-15(29-30-17)20(34)32-10-14-7-12(32)11-38(14)35/h1-6,8,12,14H,7,9-11H2/t12-,14-,38+/m0/s1. The van der Waals surface area contributed by atoms with Crippen molar-refractivity contribution in [2.45, 2.75) is 30.4 Å². The number of carbonyl (C=O) groups is 1. The summed E-state index contributed by atoms with van der Waals surface area (Å²) in [6, 6.07) is 6.51. The number of carbonyl (C=O) groups excluding carboxylic acids is 1. The fraction of sp³-hybridized carbons (Fsp3) is 0.318. The Kier molecular flexibility index (Phi) is 6.14. The van der Waals surface area contributed by atoms with Gasteiger partial charge in [-0.05, 0) is 30.7 Å². The SMILES string of the molecule is O=C(c1ccc(N(Cc2ccc(-c3noc(C(F)(F)F)n3)s2)c2cnccn2)nn1)N1C[C@@H]2C[C@H]1C[S@]2=O. The third-order valence-electron chi connectivity index (χ3n) is 6.20. The first-order chi connectivity index (χ1) is 18.3. The van der Waals surface area contributed by atoms with E-state index in [0.717, 1.165) is 11.3 Å². The van der Waals surface area contributed by atoms with Crippen LogP contribution in [0, 0.1) is 0 Å². The Morgan fingerprint density at radius 2 is 2.05 bits per heavy atom. The molecule has 38 heavy (non-hydrogen) atoms. The third kappa shape index (κ3) is 4.64. The van der Waals surface area contributed by atoms with E-state index in [0.29, 0.717) is 28.8 Å². The Labute approximate surface area is 219 Å². The molecule has 6 heterocycles. The number of hydrogen-bond donors (Lipinski definition) is 0. The van der Waals surface area contributed by atoms with Crippen LogP contribution in [-0.4, -0.2) is 68.9 Å². The summed E-state index contributed by atoms with van der Waals surface area (Å²) in [5, 5.41) is 11.9. The lowest BCUT2D eigenvalue weighted by molar-refractivity contribution is -0.159. The summed E-state index contributed by atoms with van der Waals surface area (Å²) >= 11 is 1.18. The predicted octanol–water partition coefficient (Wildman–Crippen LogP) is 3.08. The number of aromatic nitrogens is 6. The highest BCUT2D eigenvalue weighted by Gasteiger charge is 2.45. The minimum atomic E-state index is -4.73. The summed E-state index contributed by atoms with van der Waals surface area (Å²) in [4.78, 5) is 29.4. The molecular weight excluding hydrogens is 545 g/mol. The molecule has 0 spiro atoms. The molecular formula is C22H17F3N8O3S2. The number of likely N-dealkylation sites (tertiary alicyclic amines) is 1. The lowest BCUT2D eigenvalue weighted by Crippen LogP contribution is -2.42. The van der Waals surface area contributed by atoms with Crippen LogP contribution in [0.2, 0.25) is 0 Å². The number of hydrogen-bond acceptors (Lipinski definition) is 11. The van der Waals surface area contributed by atoms with Gasteiger partial charge in [-0.2, -0.15) is 18.2 Å². The van der Waals surface area contributed by atoms with Crippen LogP contribution < -0.4 is 4.90 Å². The molecule has 11 nitrogen and oxygen atoms in total. The molecule has 2 aliphatic heterocycles. The zero-order chi connectivity index (χ0) is 26.4. The number of halogens is 3. The molecule has 0 unspecified atom stereocenters. The maximum absolute atomic E-state index is 13.0. The topological polar surface area (TPSA) is 131 Å². The zero-order valence-corrected chi connectivity index (χ0v) is 20.9. The molecule has 0 aromatic carbocycles. The molecule has 4 aromatic heterocycles. The van der Waals surface area contributed by atoms with E-state index in [9.17, 15) is 22.2 Å². The summed E-state index contributed by atoms with van der Waals surface area (Å²) in [7, 11) is -0.880. The summed E-state index contributed by atoms with van der Waals surface area (Å²) in [5.74, 6) is -0.494. The van der Waals surface area contributed by atoms with Gasteiger partial charge in [-0.3, -0.25) is 14.0 Å². The average molecular weight is 563 g/mol. The van der Waals surface area contributed by atoms with E-state index in [4.69, 9.17) is 0 Å². The number of rotatable bonds is 6. The molecule has 2 aliphatic rings. The number of fused-ring (bicyclic) bond motifs is 2. The second-order valence-corrected chi connectivity index (χ2v) is 11.6. The van der Waals surface area contributed by atoms with Crippen LogP contribution in [0.4, 0.5) is 24.8 Å². The van der Waals surface area contributed by atoms with Crippen molar-refractivity contribution >= 4 is 39.7 Å². The van der Waals surface area contributed by atoms with Crippen molar-refractivity contribution in [2.75, 3.05) is 17.2 Å². The van der Waals surface area contributed by atoms with Gasteiger partial charge in [-0.15, -0.1) is 21.5 Å². The predicted molar refractivity (Wildman–Crippen MR) is 129 cm³/mol. The van der Waals surface area contributed by atoms with Gasteiger partial charge >= 0.3 is 12.1 Å². The molecule has 2 saturated heterocycles. The molecule has 0 radical (unpaired) electrons. The minimum absolute atomic E-state index is 0.0199. The minimum Gasteiger partial charge on any atom is -0.332 e. The Morgan fingerprint density at radius 1 is 1.18 bits per heavy atom. The molecule has 0 aliphatic carbocycles. The number of alkyl halides is 3. The molecule has 2 bridgehead atoms. The van der Waals surface area contributed by atoms with Crippen molar-refractivity contribution in [3.05, 3.63) is 59.3 Å². The highest BCUT2D eigenvalue weighted by atomic mass is 32.2. The Bertz CT molecular complexity index is 1500. The van der Waals surface area contributed by atoms with Crippen LogP contribution in [0.3, 0.4) is 0 Å². The number of anilines is 2. The summed E-state index contributed by atoms with van der Waals surface area (Å²) in [6.07, 6.45) is 0.578. The molecule has 4 aromatic rings. The first kappa shape index (κ1) is 24.5. The third-order valence-corrected chi connectivity index (χ3v) is 9.07. The molecule has 3 atom stereocenters. The van der Waals surface area contributed by atoms with Gasteiger partial charge in [0.05, 0.1) is 22.9 Å². The van der Waals surface area contributed by atoms with Gasteiger partial charge in [-0.1, -0.05) is 5.16 Å². The van der Waals surface area contributed by atoms with E-state index >= 15 is 0 Å². The fourth-order valence-corrected chi connectivity index (χ4v) is 7.07. The second-order valence-electron chi connectivity index (χ2n) is 8.63. The van der Waals surface area contributed by atoms with Crippen LogP contribution in [0.1, 0.15) is 27.7 Å². The van der Waals surface area contributed by atoms with E-state index in [1.54, 1.807) is 34.1 Å². The first-order valence-electron chi connectivity index (χ1n) is 11.3. The molecule has 16 heteroatoms. The normalized spacial score (nSPS) is 20.7. The van der Waals surface area contributed by atoms with Crippen molar-refractivity contribution in [3.8, 4) is 10.7 Å². The highest BCUT2D eigenvalue weighted by Crippen LogP contribution is 2.34. The van der Waals surface area contributed by atoms with Crippen LogP contribution in [-0.2, 0) is 23.5 Å². The summed E-state index contributed by atoms with van der Waals surface area (Å²) in [6.45, 7) is 0.688. The van der Waals surface area contributed by atoms with Gasteiger partial charge in [0.15, 0.2) is 17.3 Å².